The van der Waals surface area contributed by atoms with Crippen molar-refractivity contribution in [2.24, 2.45) is 10.9 Å². The summed E-state index contributed by atoms with van der Waals surface area (Å²) >= 11 is 0. The minimum Gasteiger partial charge on any atom is -0.357 e. The van der Waals surface area contributed by atoms with Crippen molar-refractivity contribution in [2.75, 3.05) is 13.1 Å². The van der Waals surface area contributed by atoms with Crippen molar-refractivity contribution >= 4 is 29.9 Å². The van der Waals surface area contributed by atoms with Crippen molar-refractivity contribution in [3.05, 3.63) is 11.7 Å². The lowest BCUT2D eigenvalue weighted by molar-refractivity contribution is 0.295. The Balaban J connectivity index is 0.00000338. The molecule has 26 heavy (non-hydrogen) atoms. The number of nitrogens with one attached hydrogen (secondary N) is 2. The first kappa shape index (κ1) is 23.2. The number of aromatic nitrogens is 2. The van der Waals surface area contributed by atoms with Gasteiger partial charge in [0, 0.05) is 24.9 Å². The van der Waals surface area contributed by atoms with Crippen LogP contribution in [0.25, 0.3) is 0 Å². The molecule has 1 heterocycles. The Morgan fingerprint density at radius 3 is 2.54 bits per heavy atom. The average Bonchev–Trinajstić information content (AvgIpc) is 3.06. The van der Waals surface area contributed by atoms with Gasteiger partial charge in [0.05, 0.1) is 6.54 Å². The number of nitrogens with zero attached hydrogens (tertiary/aromatic N) is 3. The van der Waals surface area contributed by atoms with Crippen LogP contribution in [-0.4, -0.2) is 35.2 Å². The molecule has 1 aliphatic rings. The second-order valence-corrected chi connectivity index (χ2v) is 7.36. The molecule has 7 heteroatoms. The summed E-state index contributed by atoms with van der Waals surface area (Å²) < 4.78 is 5.28. The van der Waals surface area contributed by atoms with Gasteiger partial charge in [-0.15, -0.1) is 24.0 Å². The Bertz CT molecular complexity index is 524. The summed E-state index contributed by atoms with van der Waals surface area (Å²) in [6, 6.07) is 0.543. The van der Waals surface area contributed by atoms with Crippen molar-refractivity contribution < 1.29 is 4.52 Å². The molecule has 1 saturated carbocycles. The first-order valence-electron chi connectivity index (χ1n) is 9.99. The number of hydrogen-bond acceptors (Lipinski definition) is 4. The molecule has 0 atom stereocenters. The van der Waals surface area contributed by atoms with E-state index in [-0.39, 0.29) is 24.0 Å². The predicted octanol–water partition coefficient (Wildman–Crippen LogP) is 4.27. The van der Waals surface area contributed by atoms with E-state index in [2.05, 4.69) is 53.5 Å². The predicted molar refractivity (Wildman–Crippen MR) is 117 cm³/mol. The van der Waals surface area contributed by atoms with Crippen LogP contribution in [-0.2, 0) is 6.42 Å². The molecule has 1 aliphatic carbocycles. The zero-order chi connectivity index (χ0) is 18.1. The van der Waals surface area contributed by atoms with Crippen molar-refractivity contribution in [3.8, 4) is 0 Å². The molecule has 0 saturated heterocycles. The first-order chi connectivity index (χ1) is 12.1. The molecule has 0 spiro atoms. The van der Waals surface area contributed by atoms with Crippen LogP contribution in [0.15, 0.2) is 9.52 Å². The van der Waals surface area contributed by atoms with Gasteiger partial charge in [0.15, 0.2) is 11.8 Å². The molecule has 0 aliphatic heterocycles. The number of guanidine groups is 1. The summed E-state index contributed by atoms with van der Waals surface area (Å²) in [6.45, 7) is 10.0. The number of rotatable bonds is 8. The van der Waals surface area contributed by atoms with E-state index in [0.29, 0.717) is 30.8 Å². The van der Waals surface area contributed by atoms with Gasteiger partial charge in [0.1, 0.15) is 0 Å². The fraction of sp³-hybridized carbons (Fsp3) is 0.842. The van der Waals surface area contributed by atoms with E-state index >= 15 is 0 Å². The van der Waals surface area contributed by atoms with Crippen LogP contribution in [0.4, 0.5) is 0 Å². The Kier molecular flexibility index (Phi) is 11.2. The smallest absolute Gasteiger partial charge is 0.228 e. The lowest BCUT2D eigenvalue weighted by Gasteiger charge is -2.30. The zero-order valence-electron chi connectivity index (χ0n) is 16.8. The Morgan fingerprint density at radius 2 is 1.96 bits per heavy atom. The van der Waals surface area contributed by atoms with Crippen LogP contribution in [0.2, 0.25) is 0 Å². The third kappa shape index (κ3) is 7.80. The second kappa shape index (κ2) is 12.5. The minimum absolute atomic E-state index is 0. The molecule has 1 fully saturated rings. The number of aliphatic imine (C=N–C) groups is 1. The molecule has 2 N–H and O–H groups in total. The van der Waals surface area contributed by atoms with Crippen LogP contribution in [0.5, 0.6) is 0 Å². The van der Waals surface area contributed by atoms with Crippen molar-refractivity contribution in [2.45, 2.75) is 84.6 Å². The molecule has 0 amide bonds. The maximum atomic E-state index is 5.28. The monoisotopic (exact) mass is 477 g/mol. The third-order valence-electron chi connectivity index (χ3n) is 4.82. The second-order valence-electron chi connectivity index (χ2n) is 7.36. The molecule has 2 rings (SSSR count). The van der Waals surface area contributed by atoms with Crippen molar-refractivity contribution in [3.63, 3.8) is 0 Å². The highest BCUT2D eigenvalue weighted by Crippen LogP contribution is 2.27. The standard InChI is InChI=1S/C19H35N5O.HI/c1-5-7-15-8-10-16(11-9-15)22-19(20-6-2)21-13-12-17-23-18(14(3)4)24-25-17;/h14-16H,5-13H2,1-4H3,(H2,20,21,22);1H. The van der Waals surface area contributed by atoms with Crippen LogP contribution in [0, 0.1) is 5.92 Å². The first-order valence-corrected chi connectivity index (χ1v) is 9.99. The molecule has 0 radical (unpaired) electrons. The maximum absolute atomic E-state index is 5.28. The molecule has 6 nitrogen and oxygen atoms in total. The molecule has 0 aromatic carbocycles. The van der Waals surface area contributed by atoms with Gasteiger partial charge in [0.25, 0.3) is 0 Å². The van der Waals surface area contributed by atoms with E-state index in [9.17, 15) is 0 Å². The summed E-state index contributed by atoms with van der Waals surface area (Å²) in [5.74, 6) is 3.57. The van der Waals surface area contributed by atoms with E-state index < -0.39 is 0 Å². The number of hydrogen-bond donors (Lipinski definition) is 2. The summed E-state index contributed by atoms with van der Waals surface area (Å²) in [6.07, 6.45) is 8.53. The van der Waals surface area contributed by atoms with E-state index in [4.69, 9.17) is 4.52 Å². The maximum Gasteiger partial charge on any atom is 0.228 e. The summed E-state index contributed by atoms with van der Waals surface area (Å²) in [5.41, 5.74) is 0. The Hall–Kier alpha value is -0.860. The van der Waals surface area contributed by atoms with E-state index in [0.717, 1.165) is 24.2 Å². The molecular formula is C19H36IN5O. The van der Waals surface area contributed by atoms with Gasteiger partial charge >= 0.3 is 0 Å². The van der Waals surface area contributed by atoms with Crippen LogP contribution >= 0.6 is 24.0 Å². The largest absolute Gasteiger partial charge is 0.357 e. The fourth-order valence-electron chi connectivity index (χ4n) is 3.38. The van der Waals surface area contributed by atoms with Gasteiger partial charge in [-0.1, -0.05) is 38.8 Å². The van der Waals surface area contributed by atoms with Crippen LogP contribution in [0.1, 0.15) is 83.9 Å². The van der Waals surface area contributed by atoms with E-state index in [1.54, 1.807) is 0 Å². The zero-order valence-corrected chi connectivity index (χ0v) is 19.1. The van der Waals surface area contributed by atoms with Crippen molar-refractivity contribution in [1.29, 1.82) is 0 Å². The SMILES string of the molecule is CCCC1CCC(NC(=NCCc2nc(C(C)C)no2)NCC)CC1.I. The molecule has 1 aromatic rings. The Morgan fingerprint density at radius 1 is 1.23 bits per heavy atom. The lowest BCUT2D eigenvalue weighted by atomic mass is 9.83. The topological polar surface area (TPSA) is 75.3 Å². The quantitative estimate of drug-likeness (QED) is 0.332. The average molecular weight is 477 g/mol. The Labute approximate surface area is 175 Å². The molecule has 0 unspecified atom stereocenters. The molecule has 0 bridgehead atoms. The van der Waals surface area contributed by atoms with Gasteiger partial charge in [0.2, 0.25) is 5.89 Å². The van der Waals surface area contributed by atoms with Gasteiger partial charge < -0.3 is 15.2 Å². The fourth-order valence-corrected chi connectivity index (χ4v) is 3.38. The highest BCUT2D eigenvalue weighted by atomic mass is 127. The van der Waals surface area contributed by atoms with Gasteiger partial charge in [-0.2, -0.15) is 4.98 Å². The van der Waals surface area contributed by atoms with Gasteiger partial charge in [-0.3, -0.25) is 4.99 Å². The summed E-state index contributed by atoms with van der Waals surface area (Å²) in [7, 11) is 0. The lowest BCUT2D eigenvalue weighted by Crippen LogP contribution is -2.45. The normalized spacial score (nSPS) is 20.7. The number of halogens is 1. The highest BCUT2D eigenvalue weighted by Gasteiger charge is 2.21. The van der Waals surface area contributed by atoms with E-state index in [1.165, 1.54) is 38.5 Å². The highest BCUT2D eigenvalue weighted by molar-refractivity contribution is 14.0. The van der Waals surface area contributed by atoms with Gasteiger partial charge in [-0.25, -0.2) is 0 Å². The van der Waals surface area contributed by atoms with Crippen molar-refractivity contribution in [1.82, 2.24) is 20.8 Å². The summed E-state index contributed by atoms with van der Waals surface area (Å²) in [5, 5.41) is 10.9. The van der Waals surface area contributed by atoms with Gasteiger partial charge in [-0.05, 0) is 38.5 Å². The minimum atomic E-state index is 0. The molecule has 150 valence electrons. The van der Waals surface area contributed by atoms with Crippen LogP contribution in [0.3, 0.4) is 0 Å². The van der Waals surface area contributed by atoms with E-state index in [1.807, 2.05) is 0 Å². The molecular weight excluding hydrogens is 441 g/mol. The third-order valence-corrected chi connectivity index (χ3v) is 4.82. The molecule has 1 aromatic heterocycles. The summed E-state index contributed by atoms with van der Waals surface area (Å²) in [4.78, 5) is 9.09. The van der Waals surface area contributed by atoms with Crippen LogP contribution < -0.4 is 10.6 Å².